The maximum atomic E-state index is 11.7. The molecule has 0 spiro atoms. The maximum absolute atomic E-state index is 11.7. The molecule has 0 aliphatic carbocycles. The monoisotopic (exact) mass is 324 g/mol. The van der Waals surface area contributed by atoms with Gasteiger partial charge < -0.3 is 14.5 Å². The lowest BCUT2D eigenvalue weighted by Crippen LogP contribution is -2.21. The van der Waals surface area contributed by atoms with E-state index in [-0.39, 0.29) is 22.2 Å². The van der Waals surface area contributed by atoms with Crippen LogP contribution in [0.3, 0.4) is 0 Å². The largest absolute Gasteiger partial charge is 0.457 e. The number of nitrogens with one attached hydrogen (secondary N) is 1. The van der Waals surface area contributed by atoms with Gasteiger partial charge in [-0.2, -0.15) is 0 Å². The quantitative estimate of drug-likeness (QED) is 0.514. The molecule has 2 rings (SSSR count). The molecule has 0 bridgehead atoms. The summed E-state index contributed by atoms with van der Waals surface area (Å²) in [5, 5.41) is 13.3. The highest BCUT2D eigenvalue weighted by Gasteiger charge is 2.18. The maximum Gasteiger partial charge on any atom is 0.374 e. The van der Waals surface area contributed by atoms with Gasteiger partial charge in [0.15, 0.2) is 6.61 Å². The molecule has 1 aromatic heterocycles. The molecule has 8 nitrogen and oxygen atoms in total. The number of hydrogen-bond acceptors (Lipinski definition) is 6. The Balaban J connectivity index is 1.98. The summed E-state index contributed by atoms with van der Waals surface area (Å²) in [7, 11) is 0. The molecule has 1 aromatic carbocycles. The Morgan fingerprint density at radius 3 is 2.77 bits per heavy atom. The zero-order chi connectivity index (χ0) is 16.1. The number of ether oxygens (including phenoxy) is 1. The van der Waals surface area contributed by atoms with Crippen molar-refractivity contribution in [3.8, 4) is 0 Å². The Morgan fingerprint density at radius 1 is 1.36 bits per heavy atom. The molecule has 1 heterocycles. The van der Waals surface area contributed by atoms with Crippen LogP contribution in [0.4, 0.5) is 11.4 Å². The molecule has 2 aromatic rings. The Hall–Kier alpha value is -2.87. The van der Waals surface area contributed by atoms with Gasteiger partial charge in [0.1, 0.15) is 5.69 Å². The van der Waals surface area contributed by atoms with Crippen LogP contribution >= 0.6 is 11.6 Å². The van der Waals surface area contributed by atoms with Crippen LogP contribution in [-0.4, -0.2) is 23.4 Å². The highest BCUT2D eigenvalue weighted by Crippen LogP contribution is 2.27. The number of nitrogens with zero attached hydrogens (tertiary/aromatic N) is 1. The van der Waals surface area contributed by atoms with Crippen LogP contribution in [0.1, 0.15) is 10.6 Å². The summed E-state index contributed by atoms with van der Waals surface area (Å²) >= 11 is 5.66. The SMILES string of the molecule is O=C(COC(=O)c1ccco1)Nc1ccc(Cl)cc1[N+](=O)[O-]. The number of nitro groups is 1. The van der Waals surface area contributed by atoms with Gasteiger partial charge in [0, 0.05) is 11.1 Å². The van der Waals surface area contributed by atoms with E-state index < -0.39 is 23.4 Å². The number of rotatable bonds is 5. The van der Waals surface area contributed by atoms with Crippen LogP contribution in [0.2, 0.25) is 5.02 Å². The van der Waals surface area contributed by atoms with E-state index in [1.807, 2.05) is 0 Å². The van der Waals surface area contributed by atoms with Crippen molar-refractivity contribution in [1.82, 2.24) is 0 Å². The molecule has 1 N–H and O–H groups in total. The van der Waals surface area contributed by atoms with E-state index in [1.54, 1.807) is 0 Å². The van der Waals surface area contributed by atoms with E-state index in [0.717, 1.165) is 6.07 Å². The number of carbonyl (C=O) groups is 2. The predicted octanol–water partition coefficient (Wildman–Crippen LogP) is 2.64. The first kappa shape index (κ1) is 15.5. The molecule has 0 aliphatic heterocycles. The summed E-state index contributed by atoms with van der Waals surface area (Å²) in [5.74, 6) is -1.60. The number of hydrogen-bond donors (Lipinski definition) is 1. The topological polar surface area (TPSA) is 112 Å². The lowest BCUT2D eigenvalue weighted by Gasteiger charge is -2.06. The van der Waals surface area contributed by atoms with E-state index in [4.69, 9.17) is 20.8 Å². The first-order chi connectivity index (χ1) is 10.5. The molecule has 9 heteroatoms. The van der Waals surface area contributed by atoms with Crippen molar-refractivity contribution in [3.05, 3.63) is 57.5 Å². The van der Waals surface area contributed by atoms with Gasteiger partial charge in [0.2, 0.25) is 5.76 Å². The highest BCUT2D eigenvalue weighted by atomic mass is 35.5. The number of furan rings is 1. The smallest absolute Gasteiger partial charge is 0.374 e. The van der Waals surface area contributed by atoms with Crippen LogP contribution in [0.15, 0.2) is 41.0 Å². The Morgan fingerprint density at radius 2 is 2.14 bits per heavy atom. The predicted molar refractivity (Wildman–Crippen MR) is 75.7 cm³/mol. The van der Waals surface area contributed by atoms with Crippen molar-refractivity contribution in [2.45, 2.75) is 0 Å². The lowest BCUT2D eigenvalue weighted by atomic mass is 10.2. The second-order valence-electron chi connectivity index (χ2n) is 4.02. The summed E-state index contributed by atoms with van der Waals surface area (Å²) in [6, 6.07) is 6.65. The molecule has 22 heavy (non-hydrogen) atoms. The molecular weight excluding hydrogens is 316 g/mol. The van der Waals surface area contributed by atoms with Crippen LogP contribution in [-0.2, 0) is 9.53 Å². The van der Waals surface area contributed by atoms with Crippen molar-refractivity contribution in [1.29, 1.82) is 0 Å². The van der Waals surface area contributed by atoms with Crippen LogP contribution in [0.25, 0.3) is 0 Å². The van der Waals surface area contributed by atoms with Gasteiger partial charge in [0.05, 0.1) is 11.2 Å². The Labute approximate surface area is 128 Å². The zero-order valence-corrected chi connectivity index (χ0v) is 11.7. The first-order valence-electron chi connectivity index (χ1n) is 5.92. The standard InChI is InChI=1S/C13H9ClN2O6/c14-8-3-4-9(10(6-8)16(19)20)15-12(17)7-22-13(18)11-2-1-5-21-11/h1-6H,7H2,(H,15,17). The number of halogens is 1. The van der Waals surface area contributed by atoms with Crippen LogP contribution < -0.4 is 5.32 Å². The van der Waals surface area contributed by atoms with E-state index in [1.165, 1.54) is 30.5 Å². The van der Waals surface area contributed by atoms with Crippen molar-refractivity contribution in [3.63, 3.8) is 0 Å². The fraction of sp³-hybridized carbons (Fsp3) is 0.0769. The second-order valence-corrected chi connectivity index (χ2v) is 4.46. The number of esters is 1. The van der Waals surface area contributed by atoms with Gasteiger partial charge in [0.25, 0.3) is 11.6 Å². The molecule has 0 unspecified atom stereocenters. The molecule has 0 radical (unpaired) electrons. The number of anilines is 1. The molecule has 0 fully saturated rings. The van der Waals surface area contributed by atoms with E-state index in [0.29, 0.717) is 0 Å². The summed E-state index contributed by atoms with van der Waals surface area (Å²) in [6.45, 7) is -0.612. The molecule has 0 saturated carbocycles. The van der Waals surface area contributed by atoms with Gasteiger partial charge in [-0.3, -0.25) is 14.9 Å². The summed E-state index contributed by atoms with van der Waals surface area (Å²) in [4.78, 5) is 33.3. The minimum Gasteiger partial charge on any atom is -0.457 e. The van der Waals surface area contributed by atoms with Crippen LogP contribution in [0, 0.1) is 10.1 Å². The van der Waals surface area contributed by atoms with E-state index in [2.05, 4.69) is 5.32 Å². The molecule has 114 valence electrons. The average Bonchev–Trinajstić information content (AvgIpc) is 3.00. The molecule has 1 amide bonds. The van der Waals surface area contributed by atoms with Gasteiger partial charge in [-0.1, -0.05) is 11.6 Å². The minimum atomic E-state index is -0.814. The third-order valence-electron chi connectivity index (χ3n) is 2.49. The zero-order valence-electron chi connectivity index (χ0n) is 10.9. The van der Waals surface area contributed by atoms with Gasteiger partial charge >= 0.3 is 5.97 Å². The molecule has 0 aliphatic rings. The fourth-order valence-electron chi connectivity index (χ4n) is 1.54. The molecule has 0 atom stereocenters. The van der Waals surface area contributed by atoms with E-state index in [9.17, 15) is 19.7 Å². The third kappa shape index (κ3) is 3.83. The number of amides is 1. The number of carbonyl (C=O) groups excluding carboxylic acids is 2. The Bertz CT molecular complexity index is 713. The average molecular weight is 325 g/mol. The van der Waals surface area contributed by atoms with Gasteiger partial charge in [-0.15, -0.1) is 0 Å². The normalized spacial score (nSPS) is 10.0. The minimum absolute atomic E-state index is 0.0477. The van der Waals surface area contributed by atoms with Crippen LogP contribution in [0.5, 0.6) is 0 Å². The summed E-state index contributed by atoms with van der Waals surface area (Å²) in [6.07, 6.45) is 1.29. The van der Waals surface area contributed by atoms with Crippen molar-refractivity contribution < 1.29 is 23.7 Å². The summed E-state index contributed by atoms with van der Waals surface area (Å²) < 4.78 is 9.50. The highest BCUT2D eigenvalue weighted by molar-refractivity contribution is 6.31. The van der Waals surface area contributed by atoms with Crippen molar-refractivity contribution in [2.24, 2.45) is 0 Å². The van der Waals surface area contributed by atoms with Gasteiger partial charge in [-0.25, -0.2) is 4.79 Å². The first-order valence-corrected chi connectivity index (χ1v) is 6.29. The van der Waals surface area contributed by atoms with E-state index >= 15 is 0 Å². The Kier molecular flexibility index (Phi) is 4.74. The number of nitro benzene ring substituents is 1. The van der Waals surface area contributed by atoms with Crippen molar-refractivity contribution >= 4 is 34.9 Å². The third-order valence-corrected chi connectivity index (χ3v) is 2.72. The number of benzene rings is 1. The summed E-state index contributed by atoms with van der Waals surface area (Å²) in [5.41, 5.74) is -0.411. The molecular formula is C13H9ClN2O6. The van der Waals surface area contributed by atoms with Gasteiger partial charge in [-0.05, 0) is 24.3 Å². The fourth-order valence-corrected chi connectivity index (χ4v) is 1.71. The second kappa shape index (κ2) is 6.72. The molecule has 0 saturated heterocycles. The lowest BCUT2D eigenvalue weighted by molar-refractivity contribution is -0.383. The van der Waals surface area contributed by atoms with Crippen molar-refractivity contribution in [2.75, 3.05) is 11.9 Å².